The first kappa shape index (κ1) is 75.6. The summed E-state index contributed by atoms with van der Waals surface area (Å²) >= 11 is 0.00511. The Bertz CT molecular complexity index is 1530. The molecule has 81 heavy (non-hydrogen) atoms. The molecule has 0 aromatic rings. The molecule has 0 aromatic heterocycles. The van der Waals surface area contributed by atoms with Crippen LogP contribution in [-0.2, 0) is 46.8 Å². The summed E-state index contributed by atoms with van der Waals surface area (Å²) in [5.41, 5.74) is 0.274. The van der Waals surface area contributed by atoms with Crippen LogP contribution < -0.4 is 5.26 Å². The molecule has 2 heterocycles. The zero-order chi connectivity index (χ0) is 59.3. The first-order valence-corrected chi connectivity index (χ1v) is 33.6. The van der Waals surface area contributed by atoms with E-state index in [-0.39, 0.29) is 30.2 Å². The van der Waals surface area contributed by atoms with Crippen molar-refractivity contribution in [2.45, 2.75) is 353 Å². The molecule has 0 spiro atoms. The van der Waals surface area contributed by atoms with E-state index in [4.69, 9.17) is 27.9 Å². The fraction of sp³-hybridized carbons (Fsp3) is 0.938. The molecule has 0 bridgehead atoms. The monoisotopic (exact) mass is 1180 g/mol. The lowest BCUT2D eigenvalue weighted by molar-refractivity contribution is -0.777. The molecule has 17 heteroatoms. The molecule has 0 radical (unpaired) electrons. The number of carbonyl (C=O) groups is 2. The number of carbonyl (C=O) groups excluding carboxylic acids is 2. The van der Waals surface area contributed by atoms with Gasteiger partial charge >= 0.3 is 11.9 Å². The molecule has 2 saturated heterocycles. The Hall–Kier alpha value is -1.45. The Kier molecular flexibility index (Phi) is 46.4. The van der Waals surface area contributed by atoms with Gasteiger partial charge in [-0.15, -0.1) is 4.33 Å². The molecule has 0 saturated carbocycles. The van der Waals surface area contributed by atoms with E-state index in [1.807, 2.05) is 13.0 Å². The molecule has 2 fully saturated rings. The Morgan fingerprint density at radius 3 is 1.36 bits per heavy atom. The summed E-state index contributed by atoms with van der Waals surface area (Å²) in [6.07, 6.45) is 33.3. The minimum Gasteiger partial charge on any atom is -0.691 e. The molecule has 5 N–H and O–H groups in total. The minimum atomic E-state index is -1.79. The standard InChI is InChI=1S/C64H120O16S/c1-7-9-11-13-15-17-19-21-23-24-25-26-27-28-29-31-33-35-37-39-41-43-55(67)75-61-59(57(69)54(48-66)74-64(61)77-63-60(78-81-80-79-72)58(70)56(68)53(47-65)73-63)76-62(71)52(6)46-51(5)45-50(4)44-49(3)42-40-38-36-34-32-30-22-20-18-16-14-12-10-8-2/h46,49-51,53-54,56-61,63-66,68-70,72H,7-45,47-48H2,1-6H3/p-1/b52-46+/t49-,50-,51-,53?,54?,56?,57?,58?,59?,60?,61?,63?,64?/m0/s1. The minimum absolute atomic E-state index is 0.00146. The van der Waals surface area contributed by atoms with E-state index in [1.54, 1.807) is 6.92 Å². The third-order valence-electron chi connectivity index (χ3n) is 16.6. The number of hydrogen-bond acceptors (Lipinski definition) is 17. The summed E-state index contributed by atoms with van der Waals surface area (Å²) in [5, 5.41) is 67.4. The van der Waals surface area contributed by atoms with Crippen LogP contribution in [0.4, 0.5) is 0 Å². The topological polar surface area (TPSA) is 232 Å². The Morgan fingerprint density at radius 1 is 0.519 bits per heavy atom. The van der Waals surface area contributed by atoms with E-state index < -0.39 is 86.6 Å². The summed E-state index contributed by atoms with van der Waals surface area (Å²) < 4.78 is 39.3. The molecule has 2 aliphatic rings. The van der Waals surface area contributed by atoms with Gasteiger partial charge in [0.2, 0.25) is 6.29 Å². The first-order valence-electron chi connectivity index (χ1n) is 32.9. The van der Waals surface area contributed by atoms with Gasteiger partial charge in [0.25, 0.3) is 0 Å². The van der Waals surface area contributed by atoms with Crippen LogP contribution in [-0.4, -0.2) is 112 Å². The molecule has 2 aliphatic heterocycles. The van der Waals surface area contributed by atoms with Gasteiger partial charge in [0.15, 0.2) is 36.9 Å². The molecule has 13 atom stereocenters. The van der Waals surface area contributed by atoms with Crippen molar-refractivity contribution in [3.63, 3.8) is 0 Å². The second-order valence-corrected chi connectivity index (χ2v) is 24.8. The number of ether oxygens (including phenoxy) is 5. The van der Waals surface area contributed by atoms with Crippen molar-refractivity contribution in [2.75, 3.05) is 13.2 Å². The molecular weight excluding hydrogens is 1060 g/mol. The smallest absolute Gasteiger partial charge is 0.333 e. The average molecular weight is 1180 g/mol. The molecule has 0 aromatic carbocycles. The van der Waals surface area contributed by atoms with Crippen LogP contribution in [0.1, 0.15) is 292 Å². The van der Waals surface area contributed by atoms with Gasteiger partial charge in [-0.1, -0.05) is 265 Å². The maximum Gasteiger partial charge on any atom is 0.333 e. The lowest BCUT2D eigenvalue weighted by atomic mass is 9.86. The van der Waals surface area contributed by atoms with Gasteiger partial charge in [-0.3, -0.25) is 14.0 Å². The molecule has 16 nitrogen and oxygen atoms in total. The number of rotatable bonds is 53. The maximum atomic E-state index is 14.0. The van der Waals surface area contributed by atoms with Crippen molar-refractivity contribution < 1.29 is 77.6 Å². The first-order chi connectivity index (χ1) is 39.3. The van der Waals surface area contributed by atoms with E-state index in [2.05, 4.69) is 37.1 Å². The number of aliphatic hydroxyl groups is 5. The van der Waals surface area contributed by atoms with Crippen LogP contribution in [0.2, 0.25) is 0 Å². The molecular formula is C64H119O16S-. The van der Waals surface area contributed by atoms with Crippen molar-refractivity contribution in [1.82, 2.24) is 0 Å². The Morgan fingerprint density at radius 2 is 0.926 bits per heavy atom. The average Bonchev–Trinajstić information content (AvgIpc) is 3.47. The van der Waals surface area contributed by atoms with Crippen molar-refractivity contribution in [3.8, 4) is 0 Å². The van der Waals surface area contributed by atoms with Gasteiger partial charge in [0.1, 0.15) is 30.5 Å². The second-order valence-electron chi connectivity index (χ2n) is 24.4. The quantitative estimate of drug-likeness (QED) is 0.00951. The van der Waals surface area contributed by atoms with E-state index >= 15 is 0 Å². The second kappa shape index (κ2) is 49.6. The zero-order valence-electron chi connectivity index (χ0n) is 51.7. The fourth-order valence-corrected chi connectivity index (χ4v) is 12.1. The fourth-order valence-electron chi connectivity index (χ4n) is 11.8. The SMILES string of the molecule is CCCCCCCCCCCCCCCCCCCCCCCC(=O)OC1C(OC2OC(CO)C(O)C(O)C2OSOO[O-])OC(CO)C(O)C1OC(=O)/C(C)=C/[C@@H](C)C[C@@H](C)C[C@@H](C)CCCCCCCCCCCCCCCC. The van der Waals surface area contributed by atoms with Crippen molar-refractivity contribution >= 4 is 24.3 Å². The number of aliphatic hydroxyl groups excluding tert-OH is 5. The van der Waals surface area contributed by atoms with Crippen molar-refractivity contribution in [2.24, 2.45) is 17.8 Å². The number of esters is 2. The molecule has 478 valence electrons. The van der Waals surface area contributed by atoms with E-state index in [1.165, 1.54) is 199 Å². The lowest BCUT2D eigenvalue weighted by Crippen LogP contribution is -2.65. The van der Waals surface area contributed by atoms with Crippen LogP contribution in [0, 0.1) is 17.8 Å². The maximum absolute atomic E-state index is 14.0. The predicted molar refractivity (Wildman–Crippen MR) is 318 cm³/mol. The van der Waals surface area contributed by atoms with E-state index in [0.717, 1.165) is 38.5 Å². The molecule has 10 unspecified atom stereocenters. The molecule has 0 amide bonds. The van der Waals surface area contributed by atoms with Gasteiger partial charge in [-0.2, -0.15) is 0 Å². The highest BCUT2D eigenvalue weighted by Crippen LogP contribution is 2.34. The van der Waals surface area contributed by atoms with Crippen LogP contribution in [0.5, 0.6) is 0 Å². The zero-order valence-corrected chi connectivity index (χ0v) is 52.5. The lowest BCUT2D eigenvalue weighted by Gasteiger charge is -2.46. The van der Waals surface area contributed by atoms with E-state index in [9.17, 15) is 40.4 Å². The summed E-state index contributed by atoms with van der Waals surface area (Å²) in [6, 6.07) is 0. The van der Waals surface area contributed by atoms with Crippen LogP contribution in [0.15, 0.2) is 11.6 Å². The van der Waals surface area contributed by atoms with Gasteiger partial charge in [0.05, 0.1) is 13.2 Å². The predicted octanol–water partition coefficient (Wildman–Crippen LogP) is 13.6. The van der Waals surface area contributed by atoms with Crippen molar-refractivity contribution in [1.29, 1.82) is 0 Å². The summed E-state index contributed by atoms with van der Waals surface area (Å²) in [5.74, 6) is -0.457. The van der Waals surface area contributed by atoms with Gasteiger partial charge in [-0.25, -0.2) is 4.79 Å². The van der Waals surface area contributed by atoms with Crippen molar-refractivity contribution in [3.05, 3.63) is 11.6 Å². The number of unbranched alkanes of at least 4 members (excludes halogenated alkanes) is 33. The van der Waals surface area contributed by atoms with Crippen LogP contribution in [0.25, 0.3) is 0 Å². The van der Waals surface area contributed by atoms with Gasteiger partial charge in [0, 0.05) is 12.0 Å². The highest BCUT2D eigenvalue weighted by Gasteiger charge is 2.54. The van der Waals surface area contributed by atoms with Crippen LogP contribution >= 0.6 is 12.3 Å². The van der Waals surface area contributed by atoms with E-state index in [0.29, 0.717) is 18.3 Å². The molecule has 2 rings (SSSR count). The normalized spacial score (nSPS) is 24.5. The largest absolute Gasteiger partial charge is 0.691 e. The Labute approximate surface area is 495 Å². The summed E-state index contributed by atoms with van der Waals surface area (Å²) in [6.45, 7) is 11.2. The van der Waals surface area contributed by atoms with Gasteiger partial charge < -0.3 is 54.5 Å². The highest BCUT2D eigenvalue weighted by atomic mass is 32.2. The third kappa shape index (κ3) is 35.1. The summed E-state index contributed by atoms with van der Waals surface area (Å²) in [4.78, 5) is 27.6. The third-order valence-corrected chi connectivity index (χ3v) is 17.0. The van der Waals surface area contributed by atoms with Crippen LogP contribution in [0.3, 0.4) is 0 Å². The van der Waals surface area contributed by atoms with Gasteiger partial charge in [-0.05, 0) is 43.9 Å². The number of allylic oxidation sites excluding steroid dienone is 1. The molecule has 0 aliphatic carbocycles. The number of hydrogen-bond donors (Lipinski definition) is 5. The summed E-state index contributed by atoms with van der Waals surface area (Å²) in [7, 11) is 0. The highest BCUT2D eigenvalue weighted by molar-refractivity contribution is 7.89. The Balaban J connectivity index is 1.96.